The third kappa shape index (κ3) is 4.48. The van der Waals surface area contributed by atoms with Gasteiger partial charge in [-0.25, -0.2) is 0 Å². The maximum absolute atomic E-state index is 12.6. The van der Waals surface area contributed by atoms with E-state index >= 15 is 0 Å². The third-order valence-corrected chi connectivity index (χ3v) is 3.08. The molecule has 9 heteroatoms. The number of alkyl halides is 3. The Morgan fingerprint density at radius 2 is 2.05 bits per heavy atom. The van der Waals surface area contributed by atoms with Gasteiger partial charge in [-0.3, -0.25) is 9.59 Å². The zero-order chi connectivity index (χ0) is 17.1. The molecule has 2 unspecified atom stereocenters. The van der Waals surface area contributed by atoms with E-state index in [0.717, 1.165) is 4.57 Å². The molecule has 0 bridgehead atoms. The molecule has 0 aliphatic rings. The largest absolute Gasteiger partial charge is 0.416 e. The Balaban J connectivity index is 2.85. The molecule has 124 valence electrons. The van der Waals surface area contributed by atoms with E-state index in [-0.39, 0.29) is 5.69 Å². The maximum Gasteiger partial charge on any atom is 0.416 e. The topological polar surface area (TPSA) is 97.4 Å². The second-order valence-corrected chi connectivity index (χ2v) is 5.22. The summed E-state index contributed by atoms with van der Waals surface area (Å²) in [6.45, 7) is 2.39. The van der Waals surface area contributed by atoms with Crippen LogP contribution in [0, 0.1) is 5.92 Å². The van der Waals surface area contributed by atoms with Crippen LogP contribution in [0.2, 0.25) is 0 Å². The van der Waals surface area contributed by atoms with Gasteiger partial charge in [-0.15, -0.1) is 0 Å². The monoisotopic (exact) mass is 321 g/mol. The molecule has 1 amide bonds. The fourth-order valence-corrected chi connectivity index (χ4v) is 1.88. The fraction of sp³-hybridized carbons (Fsp3) is 0.538. The van der Waals surface area contributed by atoms with Crippen LogP contribution in [0.15, 0.2) is 23.1 Å². The molecule has 0 saturated carbocycles. The Hall–Kier alpha value is -2.03. The van der Waals surface area contributed by atoms with Crippen molar-refractivity contribution in [2.24, 2.45) is 5.92 Å². The third-order valence-electron chi connectivity index (χ3n) is 3.08. The first-order chi connectivity index (χ1) is 10.0. The highest BCUT2D eigenvalue weighted by molar-refractivity contribution is 5.76. The highest BCUT2D eigenvalue weighted by Crippen LogP contribution is 2.25. The Bertz CT molecular complexity index is 584. The van der Waals surface area contributed by atoms with Gasteiger partial charge in [0, 0.05) is 6.20 Å². The van der Waals surface area contributed by atoms with Crippen molar-refractivity contribution in [2.45, 2.75) is 38.7 Å². The van der Waals surface area contributed by atoms with Crippen LogP contribution >= 0.6 is 0 Å². The molecule has 0 radical (unpaired) electrons. The summed E-state index contributed by atoms with van der Waals surface area (Å²) in [5.41, 5.74) is 4.70. The summed E-state index contributed by atoms with van der Waals surface area (Å²) in [5, 5.41) is 11.4. The molecule has 0 fully saturated rings. The summed E-state index contributed by atoms with van der Waals surface area (Å²) in [6, 6.07) is 1.28. The molecule has 1 rings (SSSR count). The zero-order valence-electron chi connectivity index (χ0n) is 12.1. The molecule has 6 nitrogen and oxygen atoms in total. The number of rotatable bonds is 5. The number of nitrogens with zero attached hydrogens (tertiary/aromatic N) is 1. The number of aromatic nitrogens is 1. The quantitative estimate of drug-likeness (QED) is 0.735. The molecule has 4 N–H and O–H groups in total. The van der Waals surface area contributed by atoms with E-state index in [2.05, 4.69) is 5.32 Å². The molecule has 1 aromatic heterocycles. The first-order valence-corrected chi connectivity index (χ1v) is 6.53. The molecule has 2 atom stereocenters. The van der Waals surface area contributed by atoms with Crippen molar-refractivity contribution in [1.82, 2.24) is 9.88 Å². The normalized spacial score (nSPS) is 14.7. The number of aliphatic hydroxyl groups excluding tert-OH is 1. The Kier molecular flexibility index (Phi) is 5.59. The average Bonchev–Trinajstić information content (AvgIpc) is 2.39. The van der Waals surface area contributed by atoms with Crippen LogP contribution in [0.1, 0.15) is 13.8 Å². The van der Waals surface area contributed by atoms with Crippen molar-refractivity contribution in [2.75, 3.05) is 5.73 Å². The number of nitrogen functional groups attached to an aromatic ring is 1. The van der Waals surface area contributed by atoms with Gasteiger partial charge in [-0.2, -0.15) is 13.2 Å². The molecule has 1 heterocycles. The smallest absolute Gasteiger partial charge is 0.394 e. The van der Waals surface area contributed by atoms with Crippen LogP contribution in [-0.4, -0.2) is 33.9 Å². The van der Waals surface area contributed by atoms with Crippen molar-refractivity contribution >= 4 is 11.6 Å². The minimum atomic E-state index is -4.85. The lowest BCUT2D eigenvalue weighted by atomic mass is 9.98. The molecule has 0 aliphatic heterocycles. The molecular weight excluding hydrogens is 303 g/mol. The summed E-state index contributed by atoms with van der Waals surface area (Å²) >= 11 is 0. The lowest BCUT2D eigenvalue weighted by Crippen LogP contribution is -2.53. The molecule has 0 saturated heterocycles. The van der Waals surface area contributed by atoms with E-state index in [0.29, 0.717) is 0 Å². The van der Waals surface area contributed by atoms with Gasteiger partial charge in [-0.1, -0.05) is 13.8 Å². The molecule has 1 aromatic rings. The predicted octanol–water partition coefficient (Wildman–Crippen LogP) is 0.494. The van der Waals surface area contributed by atoms with Crippen LogP contribution in [0.3, 0.4) is 0 Å². The number of hydrogen-bond acceptors (Lipinski definition) is 4. The van der Waals surface area contributed by atoms with Crippen molar-refractivity contribution in [3.05, 3.63) is 28.7 Å². The Morgan fingerprint density at radius 1 is 1.45 bits per heavy atom. The summed E-state index contributed by atoms with van der Waals surface area (Å²) in [5.74, 6) is -1.48. The summed E-state index contributed by atoms with van der Waals surface area (Å²) in [4.78, 5) is 23.5. The Morgan fingerprint density at radius 3 is 2.55 bits per heavy atom. The van der Waals surface area contributed by atoms with Crippen molar-refractivity contribution in [3.63, 3.8) is 0 Å². The lowest BCUT2D eigenvalue weighted by Gasteiger charge is -2.28. The van der Waals surface area contributed by atoms with Crippen LogP contribution in [0.5, 0.6) is 0 Å². The van der Waals surface area contributed by atoms with Crippen molar-refractivity contribution in [1.29, 1.82) is 0 Å². The van der Waals surface area contributed by atoms with E-state index in [4.69, 9.17) is 5.73 Å². The number of amides is 1. The summed E-state index contributed by atoms with van der Waals surface area (Å²) < 4.78 is 38.7. The highest BCUT2D eigenvalue weighted by atomic mass is 19.4. The van der Waals surface area contributed by atoms with Gasteiger partial charge in [0.05, 0.1) is 11.7 Å². The SMILES string of the molecule is CC(C)C(NC(=O)Cn1cccc(N)c1=O)C(O)C(F)(F)F. The minimum absolute atomic E-state index is 0.0777. The number of carbonyl (C=O) groups excluding carboxylic acids is 1. The van der Waals surface area contributed by atoms with E-state index in [1.54, 1.807) is 0 Å². The van der Waals surface area contributed by atoms with Crippen LogP contribution in [0.25, 0.3) is 0 Å². The summed E-state index contributed by atoms with van der Waals surface area (Å²) in [7, 11) is 0. The number of carbonyl (C=O) groups is 1. The minimum Gasteiger partial charge on any atom is -0.394 e. The van der Waals surface area contributed by atoms with Gasteiger partial charge in [0.1, 0.15) is 6.54 Å². The second kappa shape index (κ2) is 6.82. The van der Waals surface area contributed by atoms with Crippen molar-refractivity contribution < 1.29 is 23.1 Å². The Labute approximate surface area is 124 Å². The van der Waals surface area contributed by atoms with Crippen molar-refractivity contribution in [3.8, 4) is 0 Å². The number of halogens is 3. The van der Waals surface area contributed by atoms with Crippen LogP contribution in [-0.2, 0) is 11.3 Å². The van der Waals surface area contributed by atoms with E-state index in [1.807, 2.05) is 0 Å². The van der Waals surface area contributed by atoms with Crippen LogP contribution < -0.4 is 16.6 Å². The zero-order valence-corrected chi connectivity index (χ0v) is 12.1. The van der Waals surface area contributed by atoms with Gasteiger partial charge >= 0.3 is 6.18 Å². The number of nitrogens with one attached hydrogen (secondary N) is 1. The number of nitrogens with two attached hydrogens (primary N) is 1. The van der Waals surface area contributed by atoms with E-state index in [9.17, 15) is 27.9 Å². The number of hydrogen-bond donors (Lipinski definition) is 3. The standard InChI is InChI=1S/C13H18F3N3O3/c1-7(2)10(11(21)13(14,15)16)18-9(20)6-19-5-3-4-8(17)12(19)22/h3-5,7,10-11,21H,6,17H2,1-2H3,(H,18,20). The van der Waals surface area contributed by atoms with E-state index in [1.165, 1.54) is 32.2 Å². The maximum atomic E-state index is 12.6. The predicted molar refractivity (Wildman–Crippen MR) is 73.9 cm³/mol. The number of aliphatic hydroxyl groups is 1. The molecular formula is C13H18F3N3O3. The molecule has 0 spiro atoms. The fourth-order valence-electron chi connectivity index (χ4n) is 1.88. The van der Waals surface area contributed by atoms with Gasteiger partial charge in [0.25, 0.3) is 5.56 Å². The average molecular weight is 321 g/mol. The van der Waals surface area contributed by atoms with Gasteiger partial charge in [0.15, 0.2) is 6.10 Å². The highest BCUT2D eigenvalue weighted by Gasteiger charge is 2.45. The lowest BCUT2D eigenvalue weighted by molar-refractivity contribution is -0.215. The van der Waals surface area contributed by atoms with Gasteiger partial charge in [0.2, 0.25) is 5.91 Å². The van der Waals surface area contributed by atoms with Crippen LogP contribution in [0.4, 0.5) is 18.9 Å². The van der Waals surface area contributed by atoms with E-state index < -0.39 is 42.3 Å². The van der Waals surface area contributed by atoms with Gasteiger partial charge in [-0.05, 0) is 18.1 Å². The molecule has 0 aliphatic carbocycles. The molecule has 22 heavy (non-hydrogen) atoms. The second-order valence-electron chi connectivity index (χ2n) is 5.22. The number of pyridine rings is 1. The van der Waals surface area contributed by atoms with Gasteiger partial charge < -0.3 is 20.7 Å². The number of anilines is 1. The summed E-state index contributed by atoms with van der Waals surface area (Å²) in [6.07, 6.45) is -6.24. The first-order valence-electron chi connectivity index (χ1n) is 6.53. The first kappa shape index (κ1) is 18.0. The molecule has 0 aromatic carbocycles.